The molecule has 7 atom stereocenters. The van der Waals surface area contributed by atoms with Gasteiger partial charge < -0.3 is 18.7 Å². The third kappa shape index (κ3) is 5.37. The molecule has 3 aliphatic rings. The van der Waals surface area contributed by atoms with Crippen LogP contribution < -0.4 is 4.74 Å². The molecule has 188 valence electrons. The van der Waals surface area contributed by atoms with Gasteiger partial charge in [0.15, 0.2) is 8.32 Å². The molecule has 5 heteroatoms. The number of carbonyl (C=O) groups is 1. The molecule has 0 N–H and O–H groups in total. The summed E-state index contributed by atoms with van der Waals surface area (Å²) < 4.78 is 18.1. The average molecular weight is 485 g/mol. The molecule has 0 saturated heterocycles. The molecule has 2 saturated carbocycles. The van der Waals surface area contributed by atoms with Crippen LogP contribution in [0.4, 0.5) is 0 Å². The summed E-state index contributed by atoms with van der Waals surface area (Å²) in [6.45, 7) is 13.0. The number of fused-ring (bicyclic) bond motifs is 3. The normalized spacial score (nSPS) is 32.9. The standard InChI is InChI=1S/C29H44O4Si/c1-29(2,3)34(5,6)33-24-15-21-9-12-26-25(22(18-30)16-28(26)27(21)17-24)13-14-32-19-20-7-10-23(31-4)11-8-20/h7-12,18,21-22,24-28H,13-17,19H2,1-6H3/t21-,22+,24-,25-,26+,27-,28-/m1/s1. The van der Waals surface area contributed by atoms with Crippen molar-refractivity contribution in [3.05, 3.63) is 42.0 Å². The molecule has 0 aromatic heterocycles. The number of allylic oxidation sites excluding steroid dienone is 2. The van der Waals surface area contributed by atoms with E-state index < -0.39 is 8.32 Å². The third-order valence-electron chi connectivity index (χ3n) is 9.30. The van der Waals surface area contributed by atoms with Crippen molar-refractivity contribution in [1.29, 1.82) is 0 Å². The summed E-state index contributed by atoms with van der Waals surface area (Å²) in [7, 11) is -0.0814. The van der Waals surface area contributed by atoms with Crippen LogP contribution in [-0.2, 0) is 20.6 Å². The molecule has 0 amide bonds. The molecule has 0 unspecified atom stereocenters. The highest BCUT2D eigenvalue weighted by Gasteiger charge is 2.52. The van der Waals surface area contributed by atoms with Gasteiger partial charge in [-0.3, -0.25) is 0 Å². The van der Waals surface area contributed by atoms with Crippen LogP contribution in [0.3, 0.4) is 0 Å². The van der Waals surface area contributed by atoms with Crippen molar-refractivity contribution >= 4 is 14.6 Å². The van der Waals surface area contributed by atoms with Crippen molar-refractivity contribution in [1.82, 2.24) is 0 Å². The Balaban J connectivity index is 1.33. The highest BCUT2D eigenvalue weighted by atomic mass is 28.4. The number of rotatable bonds is 9. The molecule has 0 bridgehead atoms. The summed E-state index contributed by atoms with van der Waals surface area (Å²) in [6.07, 6.45) is 10.8. The minimum Gasteiger partial charge on any atom is -0.497 e. The van der Waals surface area contributed by atoms with Crippen molar-refractivity contribution in [2.24, 2.45) is 35.5 Å². The molecular weight excluding hydrogens is 440 g/mol. The predicted molar refractivity (Wildman–Crippen MR) is 139 cm³/mol. The van der Waals surface area contributed by atoms with E-state index in [0.29, 0.717) is 48.9 Å². The Morgan fingerprint density at radius 2 is 1.76 bits per heavy atom. The fourth-order valence-electron chi connectivity index (χ4n) is 6.42. The predicted octanol–water partition coefficient (Wildman–Crippen LogP) is 6.66. The molecule has 0 aliphatic heterocycles. The molecule has 4 rings (SSSR count). The molecule has 2 fully saturated rings. The van der Waals surface area contributed by atoms with Gasteiger partial charge in [-0.25, -0.2) is 0 Å². The first-order valence-electron chi connectivity index (χ1n) is 13.1. The number of benzene rings is 1. The van der Waals surface area contributed by atoms with Gasteiger partial charge in [-0.1, -0.05) is 45.1 Å². The topological polar surface area (TPSA) is 44.8 Å². The molecule has 4 nitrogen and oxygen atoms in total. The second kappa shape index (κ2) is 10.3. The fourth-order valence-corrected chi connectivity index (χ4v) is 7.80. The minimum atomic E-state index is -1.76. The first-order valence-corrected chi connectivity index (χ1v) is 16.1. The Labute approximate surface area is 207 Å². The molecular formula is C29H44O4Si. The largest absolute Gasteiger partial charge is 0.497 e. The lowest BCUT2D eigenvalue weighted by molar-refractivity contribution is -0.112. The van der Waals surface area contributed by atoms with Crippen LogP contribution in [0.1, 0.15) is 52.0 Å². The second-order valence-electron chi connectivity index (χ2n) is 12.3. The molecule has 3 aliphatic carbocycles. The number of hydrogen-bond donors (Lipinski definition) is 0. The lowest BCUT2D eigenvalue weighted by Crippen LogP contribution is -2.43. The van der Waals surface area contributed by atoms with Crippen molar-refractivity contribution < 1.29 is 18.7 Å². The van der Waals surface area contributed by atoms with Crippen LogP contribution in [0.25, 0.3) is 0 Å². The van der Waals surface area contributed by atoms with Crippen molar-refractivity contribution in [3.8, 4) is 5.75 Å². The highest BCUT2D eigenvalue weighted by molar-refractivity contribution is 6.74. The zero-order valence-electron chi connectivity index (χ0n) is 22.0. The molecule has 0 radical (unpaired) electrons. The zero-order valence-corrected chi connectivity index (χ0v) is 23.0. The van der Waals surface area contributed by atoms with Crippen LogP contribution in [0.5, 0.6) is 5.75 Å². The van der Waals surface area contributed by atoms with E-state index >= 15 is 0 Å². The molecule has 0 heterocycles. The van der Waals surface area contributed by atoms with Crippen molar-refractivity contribution in [2.45, 2.75) is 77.3 Å². The molecule has 34 heavy (non-hydrogen) atoms. The number of carbonyl (C=O) groups excluding carboxylic acids is 1. The van der Waals surface area contributed by atoms with Gasteiger partial charge >= 0.3 is 0 Å². The van der Waals surface area contributed by atoms with E-state index in [-0.39, 0.29) is 11.0 Å². The SMILES string of the molecule is COc1ccc(COCC[C@H]2[C@@H]3C=C[C@@H]4C[C@@H](O[Si](C)(C)C(C)(C)C)C[C@H]4[C@@H]3C[C@H]2C=O)cc1. The van der Waals surface area contributed by atoms with E-state index in [9.17, 15) is 4.79 Å². The summed E-state index contributed by atoms with van der Waals surface area (Å²) >= 11 is 0. The summed E-state index contributed by atoms with van der Waals surface area (Å²) in [5, 5.41) is 0.242. The van der Waals surface area contributed by atoms with E-state index in [0.717, 1.165) is 37.0 Å². The minimum absolute atomic E-state index is 0.156. The van der Waals surface area contributed by atoms with Gasteiger partial charge in [-0.05, 0) is 91.1 Å². The zero-order chi connectivity index (χ0) is 24.5. The molecule has 1 aromatic carbocycles. The first kappa shape index (κ1) is 25.7. The van der Waals surface area contributed by atoms with Crippen LogP contribution in [0.15, 0.2) is 36.4 Å². The van der Waals surface area contributed by atoms with Gasteiger partial charge in [-0.15, -0.1) is 0 Å². The monoisotopic (exact) mass is 484 g/mol. The van der Waals surface area contributed by atoms with Gasteiger partial charge in [0.2, 0.25) is 0 Å². The van der Waals surface area contributed by atoms with E-state index in [2.05, 4.69) is 46.0 Å². The summed E-state index contributed by atoms with van der Waals surface area (Å²) in [5.41, 5.74) is 1.15. The Kier molecular flexibility index (Phi) is 7.76. The number of hydrogen-bond acceptors (Lipinski definition) is 4. The maximum Gasteiger partial charge on any atom is 0.192 e. The Morgan fingerprint density at radius 1 is 1.03 bits per heavy atom. The summed E-state index contributed by atoms with van der Waals surface area (Å²) in [4.78, 5) is 12.0. The van der Waals surface area contributed by atoms with Crippen LogP contribution in [0, 0.1) is 35.5 Å². The van der Waals surface area contributed by atoms with E-state index in [1.54, 1.807) is 7.11 Å². The van der Waals surface area contributed by atoms with Crippen LogP contribution in [0.2, 0.25) is 18.1 Å². The van der Waals surface area contributed by atoms with E-state index in [4.69, 9.17) is 13.9 Å². The van der Waals surface area contributed by atoms with E-state index in [1.807, 2.05) is 24.3 Å². The lowest BCUT2D eigenvalue weighted by Gasteiger charge is -2.38. The van der Waals surface area contributed by atoms with E-state index in [1.165, 1.54) is 6.29 Å². The third-order valence-corrected chi connectivity index (χ3v) is 13.8. The highest BCUT2D eigenvalue weighted by Crippen LogP contribution is 2.56. The van der Waals surface area contributed by atoms with Gasteiger partial charge in [-0.2, -0.15) is 0 Å². The second-order valence-corrected chi connectivity index (χ2v) is 17.1. The number of ether oxygens (including phenoxy) is 2. The molecule has 0 spiro atoms. The average Bonchev–Trinajstić information content (AvgIpc) is 3.36. The first-order chi connectivity index (χ1) is 16.1. The Hall–Kier alpha value is -1.43. The van der Waals surface area contributed by atoms with Gasteiger partial charge in [0, 0.05) is 18.6 Å². The number of aldehydes is 1. The van der Waals surface area contributed by atoms with Gasteiger partial charge in [0.25, 0.3) is 0 Å². The molecule has 1 aromatic rings. The van der Waals surface area contributed by atoms with Crippen LogP contribution >= 0.6 is 0 Å². The maximum atomic E-state index is 12.0. The fraction of sp³-hybridized carbons (Fsp3) is 0.690. The summed E-state index contributed by atoms with van der Waals surface area (Å²) in [6, 6.07) is 8.03. The van der Waals surface area contributed by atoms with Gasteiger partial charge in [0.05, 0.1) is 13.7 Å². The summed E-state index contributed by atoms with van der Waals surface area (Å²) in [5.74, 6) is 3.82. The number of methoxy groups -OCH3 is 1. The van der Waals surface area contributed by atoms with Gasteiger partial charge in [0.1, 0.15) is 12.0 Å². The Bertz CT molecular complexity index is 856. The van der Waals surface area contributed by atoms with Crippen molar-refractivity contribution in [3.63, 3.8) is 0 Å². The quantitative estimate of drug-likeness (QED) is 0.170. The van der Waals surface area contributed by atoms with Crippen molar-refractivity contribution in [2.75, 3.05) is 13.7 Å². The Morgan fingerprint density at radius 3 is 2.41 bits per heavy atom. The smallest absolute Gasteiger partial charge is 0.192 e. The lowest BCUT2D eigenvalue weighted by atomic mass is 9.71. The van der Waals surface area contributed by atoms with Crippen LogP contribution in [-0.4, -0.2) is 34.4 Å². The maximum absolute atomic E-state index is 12.0.